The number of ether oxygens (including phenoxy) is 1. The molecule has 4 rings (SSSR count). The maximum Gasteiger partial charge on any atom is 0.243 e. The fraction of sp³-hybridized carbons (Fsp3) is 0.174. The Hall–Kier alpha value is -3.38. The lowest BCUT2D eigenvalue weighted by Crippen LogP contribution is -2.30. The summed E-state index contributed by atoms with van der Waals surface area (Å²) in [5.74, 6) is 0.577. The number of pyridine rings is 1. The zero-order valence-electron chi connectivity index (χ0n) is 16.4. The van der Waals surface area contributed by atoms with Gasteiger partial charge in [0.1, 0.15) is 11.4 Å². The Labute approximate surface area is 179 Å². The normalized spacial score (nSPS) is 12.3. The number of carbonyl (C=O) groups is 2. The number of carbonyl (C=O) groups excluding carboxylic acids is 2. The Morgan fingerprint density at radius 3 is 2.80 bits per heavy atom. The minimum atomic E-state index is -0.271. The fourth-order valence-corrected chi connectivity index (χ4v) is 3.55. The van der Waals surface area contributed by atoms with Crippen molar-refractivity contribution in [2.24, 2.45) is 0 Å². The lowest BCUT2D eigenvalue weighted by molar-refractivity contribution is -0.122. The van der Waals surface area contributed by atoms with Gasteiger partial charge in [0.2, 0.25) is 17.7 Å². The molecule has 7 heteroatoms. The van der Waals surface area contributed by atoms with E-state index in [0.29, 0.717) is 34.6 Å². The maximum atomic E-state index is 13.0. The van der Waals surface area contributed by atoms with E-state index < -0.39 is 0 Å². The first-order valence-corrected chi connectivity index (χ1v) is 9.96. The molecule has 1 aromatic heterocycles. The van der Waals surface area contributed by atoms with Gasteiger partial charge in [-0.15, -0.1) is 0 Å². The number of aromatic nitrogens is 1. The van der Waals surface area contributed by atoms with Crippen LogP contribution in [0.5, 0.6) is 11.6 Å². The summed E-state index contributed by atoms with van der Waals surface area (Å²) in [5.41, 5.74) is 3.00. The smallest absolute Gasteiger partial charge is 0.243 e. The van der Waals surface area contributed by atoms with Crippen molar-refractivity contribution in [1.29, 1.82) is 0 Å². The van der Waals surface area contributed by atoms with Crippen LogP contribution < -0.4 is 15.0 Å². The number of hydrogen-bond donors (Lipinski definition) is 1. The van der Waals surface area contributed by atoms with E-state index in [0.717, 1.165) is 11.1 Å². The molecule has 0 aliphatic carbocycles. The minimum absolute atomic E-state index is 0.0393. The van der Waals surface area contributed by atoms with Gasteiger partial charge in [-0.3, -0.25) is 9.59 Å². The largest absolute Gasteiger partial charge is 0.437 e. The molecule has 2 amide bonds. The van der Waals surface area contributed by atoms with Crippen molar-refractivity contribution in [2.75, 3.05) is 10.2 Å². The van der Waals surface area contributed by atoms with Gasteiger partial charge in [-0.1, -0.05) is 35.9 Å². The zero-order chi connectivity index (χ0) is 21.1. The first-order valence-electron chi connectivity index (χ1n) is 9.58. The molecule has 6 nitrogen and oxygen atoms in total. The molecule has 0 saturated carbocycles. The van der Waals surface area contributed by atoms with Crippen LogP contribution in [0.25, 0.3) is 0 Å². The average molecular weight is 422 g/mol. The second-order valence-electron chi connectivity index (χ2n) is 7.05. The first kappa shape index (κ1) is 19.9. The van der Waals surface area contributed by atoms with Crippen molar-refractivity contribution >= 4 is 34.8 Å². The van der Waals surface area contributed by atoms with Crippen LogP contribution in [0, 0.1) is 6.92 Å². The molecule has 2 aromatic carbocycles. The highest BCUT2D eigenvalue weighted by molar-refractivity contribution is 6.33. The highest BCUT2D eigenvalue weighted by Crippen LogP contribution is 2.37. The Balaban J connectivity index is 1.48. The van der Waals surface area contributed by atoms with Crippen LogP contribution in [-0.4, -0.2) is 16.8 Å². The van der Waals surface area contributed by atoms with Gasteiger partial charge in [0.15, 0.2) is 0 Å². The van der Waals surface area contributed by atoms with Gasteiger partial charge in [0, 0.05) is 24.6 Å². The topological polar surface area (TPSA) is 71.5 Å². The Kier molecular flexibility index (Phi) is 5.68. The molecule has 0 spiro atoms. The summed E-state index contributed by atoms with van der Waals surface area (Å²) in [6.07, 6.45) is 1.71. The minimum Gasteiger partial charge on any atom is -0.437 e. The highest BCUT2D eigenvalue weighted by Gasteiger charge is 2.26. The van der Waals surface area contributed by atoms with E-state index in [-0.39, 0.29) is 24.7 Å². The van der Waals surface area contributed by atoms with Crippen LogP contribution in [0.4, 0.5) is 11.4 Å². The van der Waals surface area contributed by atoms with Crippen molar-refractivity contribution in [3.8, 4) is 11.6 Å². The third-order valence-electron chi connectivity index (χ3n) is 4.82. The van der Waals surface area contributed by atoms with E-state index in [9.17, 15) is 9.59 Å². The molecule has 0 atom stereocenters. The number of nitrogens with one attached hydrogen (secondary N) is 1. The first-order chi connectivity index (χ1) is 14.5. The predicted octanol–water partition coefficient (Wildman–Crippen LogP) is 5.10. The molecule has 1 N–H and O–H groups in total. The lowest BCUT2D eigenvalue weighted by atomic mass is 10.1. The van der Waals surface area contributed by atoms with Crippen LogP contribution in [-0.2, 0) is 16.1 Å². The molecule has 0 radical (unpaired) electrons. The van der Waals surface area contributed by atoms with Gasteiger partial charge < -0.3 is 15.0 Å². The van der Waals surface area contributed by atoms with Gasteiger partial charge in [-0.25, -0.2) is 4.98 Å². The molecule has 0 unspecified atom stereocenters. The average Bonchev–Trinajstić information content (AvgIpc) is 2.91. The van der Waals surface area contributed by atoms with Crippen LogP contribution in [0.3, 0.4) is 0 Å². The summed E-state index contributed by atoms with van der Waals surface area (Å²) in [4.78, 5) is 31.3. The van der Waals surface area contributed by atoms with Gasteiger partial charge in [-0.05, 0) is 42.8 Å². The highest BCUT2D eigenvalue weighted by atomic mass is 35.5. The summed E-state index contributed by atoms with van der Waals surface area (Å²) < 4.78 is 5.91. The summed E-state index contributed by atoms with van der Waals surface area (Å²) in [5, 5.41) is 3.23. The number of amides is 2. The molecule has 3 aromatic rings. The third kappa shape index (κ3) is 4.28. The van der Waals surface area contributed by atoms with Crippen LogP contribution >= 0.6 is 11.6 Å². The second-order valence-corrected chi connectivity index (χ2v) is 7.46. The van der Waals surface area contributed by atoms with Crippen LogP contribution in [0.15, 0.2) is 60.8 Å². The summed E-state index contributed by atoms with van der Waals surface area (Å²) >= 11 is 6.17. The molecule has 0 fully saturated rings. The number of fused-ring (bicyclic) bond motifs is 2. The van der Waals surface area contributed by atoms with Gasteiger partial charge >= 0.3 is 0 Å². The number of hydrogen-bond acceptors (Lipinski definition) is 4. The predicted molar refractivity (Wildman–Crippen MR) is 116 cm³/mol. The van der Waals surface area contributed by atoms with Gasteiger partial charge in [0.25, 0.3) is 0 Å². The van der Waals surface area contributed by atoms with E-state index >= 15 is 0 Å². The van der Waals surface area contributed by atoms with Crippen molar-refractivity contribution in [1.82, 2.24) is 4.98 Å². The standard InChI is InChI=1S/C23H20ClN3O3/c1-15-8-9-18(17(24)13-15)26-21(28)10-11-22(29)27-14-16-5-2-3-7-20(16)30-23-19(27)6-4-12-25-23/h2-9,12-13H,10-11,14H2,1H3,(H,26,28). The van der Waals surface area contributed by atoms with E-state index in [1.807, 2.05) is 37.3 Å². The van der Waals surface area contributed by atoms with Crippen molar-refractivity contribution < 1.29 is 14.3 Å². The van der Waals surface area contributed by atoms with Crippen molar-refractivity contribution in [3.63, 3.8) is 0 Å². The second kappa shape index (κ2) is 8.55. The molecular formula is C23H20ClN3O3. The summed E-state index contributed by atoms with van der Waals surface area (Å²) in [7, 11) is 0. The third-order valence-corrected chi connectivity index (χ3v) is 5.13. The van der Waals surface area contributed by atoms with E-state index in [2.05, 4.69) is 10.3 Å². The molecule has 2 heterocycles. The van der Waals surface area contributed by atoms with E-state index in [1.54, 1.807) is 35.4 Å². The Morgan fingerprint density at radius 1 is 1.13 bits per heavy atom. The summed E-state index contributed by atoms with van der Waals surface area (Å²) in [6, 6.07) is 16.5. The number of anilines is 2. The lowest BCUT2D eigenvalue weighted by Gasteiger charge is -2.21. The molecular weight excluding hydrogens is 402 g/mol. The van der Waals surface area contributed by atoms with Gasteiger partial charge in [-0.2, -0.15) is 0 Å². The molecule has 0 saturated heterocycles. The van der Waals surface area contributed by atoms with Gasteiger partial charge in [0.05, 0.1) is 17.3 Å². The molecule has 0 bridgehead atoms. The number of aryl methyl sites for hydroxylation is 1. The molecule has 1 aliphatic rings. The number of nitrogens with zero attached hydrogens (tertiary/aromatic N) is 2. The van der Waals surface area contributed by atoms with E-state index in [1.165, 1.54) is 0 Å². The van der Waals surface area contributed by atoms with Crippen molar-refractivity contribution in [3.05, 3.63) is 76.9 Å². The Morgan fingerprint density at radius 2 is 1.97 bits per heavy atom. The van der Waals surface area contributed by atoms with Crippen LogP contribution in [0.1, 0.15) is 24.0 Å². The number of benzene rings is 2. The Bertz CT molecular complexity index is 1120. The number of para-hydroxylation sites is 1. The molecule has 152 valence electrons. The van der Waals surface area contributed by atoms with Crippen molar-refractivity contribution in [2.45, 2.75) is 26.3 Å². The fourth-order valence-electron chi connectivity index (χ4n) is 3.27. The summed E-state index contributed by atoms with van der Waals surface area (Å²) in [6.45, 7) is 2.27. The van der Waals surface area contributed by atoms with E-state index in [4.69, 9.17) is 16.3 Å². The van der Waals surface area contributed by atoms with Crippen LogP contribution in [0.2, 0.25) is 5.02 Å². The molecule has 30 heavy (non-hydrogen) atoms. The number of halogens is 1. The SMILES string of the molecule is Cc1ccc(NC(=O)CCC(=O)N2Cc3ccccc3Oc3ncccc32)c(Cl)c1. The quantitative estimate of drug-likeness (QED) is 0.636. The zero-order valence-corrected chi connectivity index (χ0v) is 17.1. The monoisotopic (exact) mass is 421 g/mol. The number of rotatable bonds is 4. The maximum absolute atomic E-state index is 13.0. The molecule has 1 aliphatic heterocycles.